The van der Waals surface area contributed by atoms with E-state index in [2.05, 4.69) is 25.9 Å². The number of amides is 1. The van der Waals surface area contributed by atoms with Crippen molar-refractivity contribution >= 4 is 30.7 Å². The molecule has 1 aromatic rings. The highest BCUT2D eigenvalue weighted by Gasteiger charge is 2.45. The third kappa shape index (κ3) is 4.59. The van der Waals surface area contributed by atoms with Crippen LogP contribution in [-0.4, -0.2) is 63.8 Å². The molecule has 3 aliphatic heterocycles. The minimum atomic E-state index is -0.422. The summed E-state index contributed by atoms with van der Waals surface area (Å²) in [5.74, 6) is -0.127. The smallest absolute Gasteiger partial charge is 0.238 e. The molecule has 0 spiro atoms. The number of halogens is 2. The Morgan fingerprint density at radius 1 is 1.11 bits per heavy atom. The number of aromatic nitrogens is 2. The molecule has 7 nitrogen and oxygen atoms in total. The molecule has 0 aliphatic carbocycles. The Kier molecular flexibility index (Phi) is 7.94. The lowest BCUT2D eigenvalue weighted by Gasteiger charge is -2.48. The standard InChI is InChI=1S/C18H30N6O.2ClH/c19-17(25)18(23-7-2-1-3-8-23)4-9-22(10-5-18)14-15-12-16-13-20-6-11-24(16)21-15;;/h12,20H,1-11,13-14H2,(H2,19,25);2*1H. The first kappa shape index (κ1) is 22.4. The van der Waals surface area contributed by atoms with Crippen LogP contribution in [0.4, 0.5) is 0 Å². The molecule has 3 N–H and O–H groups in total. The number of primary amides is 1. The van der Waals surface area contributed by atoms with E-state index in [1.165, 1.54) is 25.0 Å². The summed E-state index contributed by atoms with van der Waals surface area (Å²) in [7, 11) is 0. The minimum absolute atomic E-state index is 0. The fourth-order valence-corrected chi connectivity index (χ4v) is 4.68. The van der Waals surface area contributed by atoms with Gasteiger partial charge in [-0.25, -0.2) is 0 Å². The zero-order valence-corrected chi connectivity index (χ0v) is 17.5. The van der Waals surface area contributed by atoms with Crippen LogP contribution in [0.25, 0.3) is 0 Å². The van der Waals surface area contributed by atoms with Gasteiger partial charge < -0.3 is 11.1 Å². The van der Waals surface area contributed by atoms with Gasteiger partial charge in [-0.15, -0.1) is 24.8 Å². The summed E-state index contributed by atoms with van der Waals surface area (Å²) in [5, 5.41) is 8.13. The largest absolute Gasteiger partial charge is 0.368 e. The Balaban J connectivity index is 0.00000131. The van der Waals surface area contributed by atoms with E-state index >= 15 is 0 Å². The quantitative estimate of drug-likeness (QED) is 0.765. The van der Waals surface area contributed by atoms with E-state index in [0.29, 0.717) is 0 Å². The topological polar surface area (TPSA) is 79.4 Å². The maximum absolute atomic E-state index is 12.3. The zero-order chi connectivity index (χ0) is 17.3. The van der Waals surface area contributed by atoms with Gasteiger partial charge in [0.25, 0.3) is 0 Å². The Morgan fingerprint density at radius 3 is 2.44 bits per heavy atom. The van der Waals surface area contributed by atoms with Gasteiger partial charge in [-0.2, -0.15) is 5.10 Å². The van der Waals surface area contributed by atoms with Crippen LogP contribution in [0.2, 0.25) is 0 Å². The van der Waals surface area contributed by atoms with Crippen molar-refractivity contribution in [2.24, 2.45) is 5.73 Å². The number of likely N-dealkylation sites (tertiary alicyclic amines) is 2. The molecule has 27 heavy (non-hydrogen) atoms. The third-order valence-electron chi connectivity index (χ3n) is 6.21. The van der Waals surface area contributed by atoms with Gasteiger partial charge in [0, 0.05) is 32.7 Å². The first-order valence-corrected chi connectivity index (χ1v) is 9.71. The van der Waals surface area contributed by atoms with Crippen LogP contribution in [0.1, 0.15) is 43.5 Å². The van der Waals surface area contributed by atoms with Crippen molar-refractivity contribution in [3.8, 4) is 0 Å². The van der Waals surface area contributed by atoms with Crippen molar-refractivity contribution in [2.45, 2.75) is 57.3 Å². The van der Waals surface area contributed by atoms with E-state index in [-0.39, 0.29) is 30.7 Å². The number of hydrogen-bond donors (Lipinski definition) is 2. The van der Waals surface area contributed by atoms with Crippen LogP contribution >= 0.6 is 24.8 Å². The van der Waals surface area contributed by atoms with Crippen LogP contribution in [0.3, 0.4) is 0 Å². The van der Waals surface area contributed by atoms with Gasteiger partial charge in [-0.3, -0.25) is 19.3 Å². The van der Waals surface area contributed by atoms with Crippen molar-refractivity contribution in [3.05, 3.63) is 17.5 Å². The first-order valence-electron chi connectivity index (χ1n) is 9.71. The Morgan fingerprint density at radius 2 is 1.81 bits per heavy atom. The van der Waals surface area contributed by atoms with E-state index in [1.54, 1.807) is 0 Å². The second-order valence-corrected chi connectivity index (χ2v) is 7.75. The molecular formula is C18H32Cl2N6O. The van der Waals surface area contributed by atoms with Gasteiger partial charge in [0.15, 0.2) is 0 Å². The average Bonchev–Trinajstić information content (AvgIpc) is 3.05. The highest BCUT2D eigenvalue weighted by atomic mass is 35.5. The number of nitrogens with two attached hydrogens (primary N) is 1. The van der Waals surface area contributed by atoms with E-state index < -0.39 is 5.54 Å². The predicted molar refractivity (Wildman–Crippen MR) is 110 cm³/mol. The molecular weight excluding hydrogens is 387 g/mol. The molecule has 4 rings (SSSR count). The number of fused-ring (bicyclic) bond motifs is 1. The fourth-order valence-electron chi connectivity index (χ4n) is 4.68. The minimum Gasteiger partial charge on any atom is -0.368 e. The molecule has 154 valence electrons. The zero-order valence-electron chi connectivity index (χ0n) is 15.9. The summed E-state index contributed by atoms with van der Waals surface area (Å²) in [6.45, 7) is 7.60. The number of hydrogen-bond acceptors (Lipinski definition) is 5. The molecule has 0 saturated carbocycles. The second-order valence-electron chi connectivity index (χ2n) is 7.75. The first-order chi connectivity index (χ1) is 12.2. The van der Waals surface area contributed by atoms with E-state index in [1.807, 2.05) is 0 Å². The van der Waals surface area contributed by atoms with Crippen molar-refractivity contribution < 1.29 is 4.79 Å². The molecule has 4 heterocycles. The van der Waals surface area contributed by atoms with E-state index in [0.717, 1.165) is 70.9 Å². The summed E-state index contributed by atoms with van der Waals surface area (Å²) >= 11 is 0. The second kappa shape index (κ2) is 9.56. The van der Waals surface area contributed by atoms with Gasteiger partial charge in [0.05, 0.1) is 17.9 Å². The van der Waals surface area contributed by atoms with Crippen LogP contribution in [0.15, 0.2) is 6.07 Å². The van der Waals surface area contributed by atoms with Gasteiger partial charge in [0.2, 0.25) is 5.91 Å². The van der Waals surface area contributed by atoms with E-state index in [4.69, 9.17) is 10.8 Å². The predicted octanol–water partition coefficient (Wildman–Crippen LogP) is 1.14. The van der Waals surface area contributed by atoms with Crippen LogP contribution in [0.5, 0.6) is 0 Å². The molecule has 0 radical (unpaired) electrons. The van der Waals surface area contributed by atoms with Crippen molar-refractivity contribution in [2.75, 3.05) is 32.7 Å². The SMILES string of the molecule is Cl.Cl.NC(=O)C1(N2CCCCC2)CCN(Cc2cc3n(n2)CCNC3)CC1. The number of rotatable bonds is 4. The Bertz CT molecular complexity index is 600. The molecule has 2 fully saturated rings. The molecule has 9 heteroatoms. The third-order valence-corrected chi connectivity index (χ3v) is 6.21. The van der Waals surface area contributed by atoms with E-state index in [9.17, 15) is 4.79 Å². The lowest BCUT2D eigenvalue weighted by atomic mass is 9.83. The molecule has 2 saturated heterocycles. The van der Waals surface area contributed by atoms with Gasteiger partial charge in [0.1, 0.15) is 5.54 Å². The number of nitrogens with zero attached hydrogens (tertiary/aromatic N) is 4. The Labute approximate surface area is 173 Å². The number of carbonyl (C=O) groups is 1. The maximum atomic E-state index is 12.3. The van der Waals surface area contributed by atoms with Gasteiger partial charge in [-0.1, -0.05) is 6.42 Å². The van der Waals surface area contributed by atoms with Crippen molar-refractivity contribution in [3.63, 3.8) is 0 Å². The Hall–Kier alpha value is -0.860. The maximum Gasteiger partial charge on any atom is 0.238 e. The average molecular weight is 419 g/mol. The molecule has 0 atom stereocenters. The summed E-state index contributed by atoms with van der Waals surface area (Å²) in [6, 6.07) is 2.22. The summed E-state index contributed by atoms with van der Waals surface area (Å²) in [5.41, 5.74) is 7.87. The molecule has 1 aromatic heterocycles. The number of carbonyl (C=O) groups excluding carboxylic acids is 1. The number of piperidine rings is 2. The van der Waals surface area contributed by atoms with Crippen molar-refractivity contribution in [1.29, 1.82) is 0 Å². The van der Waals surface area contributed by atoms with Crippen LogP contribution in [-0.2, 0) is 24.4 Å². The normalized spacial score (nSPS) is 23.0. The van der Waals surface area contributed by atoms with Gasteiger partial charge in [-0.05, 0) is 44.8 Å². The monoisotopic (exact) mass is 418 g/mol. The molecule has 3 aliphatic rings. The molecule has 0 bridgehead atoms. The summed E-state index contributed by atoms with van der Waals surface area (Å²) in [6.07, 6.45) is 5.34. The lowest BCUT2D eigenvalue weighted by Crippen LogP contribution is -2.63. The molecule has 0 aromatic carbocycles. The highest BCUT2D eigenvalue weighted by Crippen LogP contribution is 2.32. The van der Waals surface area contributed by atoms with Crippen molar-refractivity contribution in [1.82, 2.24) is 24.9 Å². The summed E-state index contributed by atoms with van der Waals surface area (Å²) < 4.78 is 2.12. The van der Waals surface area contributed by atoms with Crippen LogP contribution in [0, 0.1) is 0 Å². The molecule has 1 amide bonds. The lowest BCUT2D eigenvalue weighted by molar-refractivity contribution is -0.135. The van der Waals surface area contributed by atoms with Gasteiger partial charge >= 0.3 is 0 Å². The fraction of sp³-hybridized carbons (Fsp3) is 0.778. The number of nitrogens with one attached hydrogen (secondary N) is 1. The summed E-state index contributed by atoms with van der Waals surface area (Å²) in [4.78, 5) is 17.1. The highest BCUT2D eigenvalue weighted by molar-refractivity contribution is 5.86. The van der Waals surface area contributed by atoms with Crippen LogP contribution < -0.4 is 11.1 Å². The molecule has 0 unspecified atom stereocenters.